The molecular weight excluding hydrogens is 444 g/mol. The second-order valence-corrected chi connectivity index (χ2v) is 6.19. The minimum atomic E-state index is -0.609. The lowest BCUT2D eigenvalue weighted by Gasteiger charge is -1.95. The molecule has 0 saturated heterocycles. The van der Waals surface area contributed by atoms with E-state index in [9.17, 15) is 14.4 Å². The van der Waals surface area contributed by atoms with Gasteiger partial charge in [-0.1, -0.05) is 42.0 Å². The van der Waals surface area contributed by atoms with E-state index in [1.165, 1.54) is 11.3 Å². The summed E-state index contributed by atoms with van der Waals surface area (Å²) < 4.78 is 9.19. The zero-order valence-electron chi connectivity index (χ0n) is 15.4. The highest BCUT2D eigenvalue weighted by Crippen LogP contribution is 2.11. The molecule has 0 spiro atoms. The molecule has 0 atom stereocenters. The molecule has 0 saturated carbocycles. The molecule has 7 nitrogen and oxygen atoms in total. The summed E-state index contributed by atoms with van der Waals surface area (Å²) in [7, 11) is 0. The second-order valence-electron chi connectivity index (χ2n) is 4.33. The molecule has 0 bridgehead atoms. The Hall–Kier alpha value is -1.39. The molecule has 0 aliphatic heterocycles. The molecule has 1 aromatic rings. The normalized spacial score (nSPS) is 8.96. The number of ether oxygens (including phenoxy) is 2. The number of Topliss-reactive ketones (excluding diaryl/α,β-unsaturated/α-hetero) is 1. The fourth-order valence-electron chi connectivity index (χ4n) is 1.05. The van der Waals surface area contributed by atoms with Gasteiger partial charge in [0.15, 0.2) is 4.99 Å². The van der Waals surface area contributed by atoms with Crippen molar-refractivity contribution < 1.29 is 23.9 Å². The van der Waals surface area contributed by atoms with Crippen molar-refractivity contribution >= 4 is 62.2 Å². The average molecular weight is 469 g/mol. The van der Waals surface area contributed by atoms with Gasteiger partial charge >= 0.3 is 11.9 Å². The molecule has 1 rings (SSSR count). The first-order valence-electron chi connectivity index (χ1n) is 7.92. The lowest BCUT2D eigenvalue weighted by atomic mass is 10.4. The van der Waals surface area contributed by atoms with Crippen LogP contribution in [-0.4, -0.2) is 46.2 Å². The summed E-state index contributed by atoms with van der Waals surface area (Å²) in [4.78, 5) is 35.4. The summed E-state index contributed by atoms with van der Waals surface area (Å²) >= 11 is 8.65. The number of alkyl halides is 1. The van der Waals surface area contributed by atoms with Crippen LogP contribution in [0.25, 0.3) is 0 Å². The Balaban J connectivity index is 0. The number of nitrogens with zero attached hydrogens (tertiary/aromatic N) is 1. The monoisotopic (exact) mass is 468 g/mol. The van der Waals surface area contributed by atoms with Crippen molar-refractivity contribution in [1.82, 2.24) is 4.98 Å². The van der Waals surface area contributed by atoms with Gasteiger partial charge in [0.05, 0.1) is 24.2 Å². The number of rotatable bonds is 6. The van der Waals surface area contributed by atoms with E-state index in [1.54, 1.807) is 13.8 Å². The average Bonchev–Trinajstić information content (AvgIpc) is 3.12. The van der Waals surface area contributed by atoms with Crippen LogP contribution >= 0.6 is 39.5 Å². The van der Waals surface area contributed by atoms with Crippen LogP contribution in [0, 0.1) is 0 Å². The van der Waals surface area contributed by atoms with E-state index in [0.717, 1.165) is 12.1 Å². The van der Waals surface area contributed by atoms with Crippen LogP contribution in [-0.2, 0) is 25.5 Å². The van der Waals surface area contributed by atoms with E-state index in [0.29, 0.717) is 30.0 Å². The highest BCUT2D eigenvalue weighted by Gasteiger charge is 2.10. The highest BCUT2D eigenvalue weighted by atomic mass is 79.9. The van der Waals surface area contributed by atoms with Gasteiger partial charge in [-0.3, -0.25) is 4.79 Å². The first-order chi connectivity index (χ1) is 12.3. The SMILES string of the molecule is CCC(=O)CBr.CCOC(=O)C(N)=S.CCOC(=O)c1nc(CC)cs1. The van der Waals surface area contributed by atoms with Crippen LogP contribution in [0.4, 0.5) is 0 Å². The van der Waals surface area contributed by atoms with Crippen LogP contribution in [0.1, 0.15) is 49.6 Å². The third-order valence-electron chi connectivity index (χ3n) is 2.38. The van der Waals surface area contributed by atoms with E-state index in [2.05, 4.69) is 37.9 Å². The summed E-state index contributed by atoms with van der Waals surface area (Å²) in [6.45, 7) is 8.05. The van der Waals surface area contributed by atoms with Gasteiger partial charge in [-0.25, -0.2) is 14.6 Å². The van der Waals surface area contributed by atoms with Crippen molar-refractivity contribution in [2.45, 2.75) is 40.5 Å². The largest absolute Gasteiger partial charge is 0.461 e. The first-order valence-corrected chi connectivity index (χ1v) is 10.3. The maximum atomic E-state index is 11.1. The van der Waals surface area contributed by atoms with Crippen molar-refractivity contribution in [3.8, 4) is 0 Å². The molecule has 0 unspecified atom stereocenters. The van der Waals surface area contributed by atoms with Crippen molar-refractivity contribution in [2.75, 3.05) is 18.5 Å². The molecule has 1 aromatic heterocycles. The molecule has 0 radical (unpaired) electrons. The number of nitrogens with two attached hydrogens (primary N) is 1. The van der Waals surface area contributed by atoms with Crippen LogP contribution < -0.4 is 5.73 Å². The number of halogens is 1. The van der Waals surface area contributed by atoms with Crippen LogP contribution in [0.2, 0.25) is 0 Å². The number of ketones is 1. The quantitative estimate of drug-likeness (QED) is 0.385. The lowest BCUT2D eigenvalue weighted by molar-refractivity contribution is -0.134. The molecule has 148 valence electrons. The van der Waals surface area contributed by atoms with Crippen LogP contribution in [0.5, 0.6) is 0 Å². The number of aromatic nitrogens is 1. The van der Waals surface area contributed by atoms with Crippen molar-refractivity contribution in [1.29, 1.82) is 0 Å². The number of aryl methyl sites for hydroxylation is 1. The molecule has 0 fully saturated rings. The van der Waals surface area contributed by atoms with E-state index >= 15 is 0 Å². The molecule has 1 heterocycles. The van der Waals surface area contributed by atoms with Gasteiger partial charge in [0, 0.05) is 11.8 Å². The minimum Gasteiger partial charge on any atom is -0.461 e. The number of hydrogen-bond donors (Lipinski definition) is 1. The third-order valence-corrected chi connectivity index (χ3v) is 4.05. The van der Waals surface area contributed by atoms with Crippen molar-refractivity contribution in [3.63, 3.8) is 0 Å². The van der Waals surface area contributed by atoms with Gasteiger partial charge in [-0.2, -0.15) is 0 Å². The predicted octanol–water partition coefficient (Wildman–Crippen LogP) is 3.08. The summed E-state index contributed by atoms with van der Waals surface area (Å²) in [5, 5.41) is 2.84. The van der Waals surface area contributed by atoms with Gasteiger partial charge < -0.3 is 15.2 Å². The van der Waals surface area contributed by atoms with E-state index < -0.39 is 5.97 Å². The van der Waals surface area contributed by atoms with Gasteiger partial charge in [0.1, 0.15) is 5.78 Å². The standard InChI is InChI=1S/C8H11NO2S.C4H7BrO.C4H7NO2S/c1-3-6-5-12-7(9-6)8(10)11-4-2;1-2-4(6)3-5;1-2-7-4(6)3(5)8/h5H,3-4H2,1-2H3;2-3H2,1H3;2H2,1H3,(H2,5,8). The Kier molecular flexibility index (Phi) is 17.6. The predicted molar refractivity (Wildman–Crippen MR) is 110 cm³/mol. The zero-order valence-corrected chi connectivity index (χ0v) is 18.6. The maximum absolute atomic E-state index is 11.1. The Morgan fingerprint density at radius 1 is 1.19 bits per heavy atom. The molecular formula is C16H25BrN2O5S2. The van der Waals surface area contributed by atoms with E-state index in [1.807, 2.05) is 19.2 Å². The number of carbonyl (C=O) groups excluding carboxylic acids is 3. The smallest absolute Gasteiger partial charge is 0.367 e. The fourth-order valence-corrected chi connectivity index (χ4v) is 2.30. The summed E-state index contributed by atoms with van der Waals surface area (Å²) in [5.41, 5.74) is 5.83. The van der Waals surface area contributed by atoms with Crippen LogP contribution in [0.15, 0.2) is 5.38 Å². The van der Waals surface area contributed by atoms with Crippen molar-refractivity contribution in [2.24, 2.45) is 5.73 Å². The first kappa shape index (κ1) is 26.8. The topological polar surface area (TPSA) is 109 Å². The number of thiazole rings is 1. The molecule has 26 heavy (non-hydrogen) atoms. The molecule has 0 aliphatic carbocycles. The number of carbonyl (C=O) groups is 3. The van der Waals surface area contributed by atoms with Gasteiger partial charge in [-0.05, 0) is 20.3 Å². The Bertz CT molecular complexity index is 573. The maximum Gasteiger partial charge on any atom is 0.367 e. The summed E-state index contributed by atoms with van der Waals surface area (Å²) in [6, 6.07) is 0. The molecule has 10 heteroatoms. The number of hydrogen-bond acceptors (Lipinski definition) is 8. The van der Waals surface area contributed by atoms with E-state index in [-0.39, 0.29) is 16.7 Å². The van der Waals surface area contributed by atoms with Crippen molar-refractivity contribution in [3.05, 3.63) is 16.1 Å². The molecule has 0 aromatic carbocycles. The Labute approximate surface area is 171 Å². The zero-order chi connectivity index (χ0) is 20.5. The fraction of sp³-hybridized carbons (Fsp3) is 0.562. The second kappa shape index (κ2) is 17.0. The minimum absolute atomic E-state index is 0.216. The Morgan fingerprint density at radius 2 is 1.77 bits per heavy atom. The van der Waals surface area contributed by atoms with Gasteiger partial charge in [-0.15, -0.1) is 11.3 Å². The summed E-state index contributed by atoms with van der Waals surface area (Å²) in [5.74, 6) is -0.667. The number of thiocarbonyl (C=S) groups is 1. The van der Waals surface area contributed by atoms with Gasteiger partial charge in [0.2, 0.25) is 5.01 Å². The molecule has 0 aliphatic rings. The third kappa shape index (κ3) is 13.9. The van der Waals surface area contributed by atoms with Crippen LogP contribution in [0.3, 0.4) is 0 Å². The molecule has 2 N–H and O–H groups in total. The lowest BCUT2D eigenvalue weighted by Crippen LogP contribution is -2.23. The molecule has 0 amide bonds. The number of esters is 2. The van der Waals surface area contributed by atoms with E-state index in [4.69, 9.17) is 10.5 Å². The Morgan fingerprint density at radius 3 is 2.04 bits per heavy atom. The summed E-state index contributed by atoms with van der Waals surface area (Å²) in [6.07, 6.45) is 1.50. The van der Waals surface area contributed by atoms with Gasteiger partial charge in [0.25, 0.3) is 0 Å². The highest BCUT2D eigenvalue weighted by molar-refractivity contribution is 9.09.